The van der Waals surface area contributed by atoms with Gasteiger partial charge in [0, 0.05) is 24.2 Å². The molecule has 1 heterocycles. The van der Waals surface area contributed by atoms with Gasteiger partial charge in [0.05, 0.1) is 17.8 Å². The average molecular weight is 391 g/mol. The molecule has 0 atom stereocenters. The number of hydrogen-bond acceptors (Lipinski definition) is 4. The van der Waals surface area contributed by atoms with Crippen LogP contribution in [-0.4, -0.2) is 31.3 Å². The molecule has 0 radical (unpaired) electrons. The number of hydrazone groups is 1. The third-order valence-electron chi connectivity index (χ3n) is 4.22. The summed E-state index contributed by atoms with van der Waals surface area (Å²) < 4.78 is 43.3. The number of amides is 1. The molecule has 0 saturated carbocycles. The molecule has 0 aliphatic carbocycles. The van der Waals surface area contributed by atoms with Crippen molar-refractivity contribution < 1.29 is 22.7 Å². The molecule has 0 fully saturated rings. The second kappa shape index (κ2) is 8.33. The van der Waals surface area contributed by atoms with Gasteiger partial charge >= 0.3 is 6.18 Å². The zero-order valence-corrected chi connectivity index (χ0v) is 15.3. The Kier molecular flexibility index (Phi) is 5.87. The molecule has 1 N–H and O–H groups in total. The Morgan fingerprint density at radius 2 is 1.96 bits per heavy atom. The van der Waals surface area contributed by atoms with Crippen LogP contribution < -0.4 is 15.1 Å². The summed E-state index contributed by atoms with van der Waals surface area (Å²) in [5, 5.41) is 8.98. The Labute approximate surface area is 160 Å². The van der Waals surface area contributed by atoms with Crippen molar-refractivity contribution in [2.45, 2.75) is 19.5 Å². The van der Waals surface area contributed by atoms with Crippen molar-refractivity contribution in [3.63, 3.8) is 0 Å². The van der Waals surface area contributed by atoms with Gasteiger partial charge in [-0.05, 0) is 49.4 Å². The number of ether oxygens (including phenoxy) is 1. The van der Waals surface area contributed by atoms with Gasteiger partial charge < -0.3 is 10.1 Å². The Morgan fingerprint density at radius 3 is 2.61 bits per heavy atom. The van der Waals surface area contributed by atoms with Crippen LogP contribution in [0.3, 0.4) is 0 Å². The second-order valence-electron chi connectivity index (χ2n) is 6.39. The first-order chi connectivity index (χ1) is 13.3. The minimum atomic E-state index is -4.42. The summed E-state index contributed by atoms with van der Waals surface area (Å²) in [5.41, 5.74) is 1.71. The van der Waals surface area contributed by atoms with Gasteiger partial charge in [-0.1, -0.05) is 6.07 Å². The molecule has 0 spiro atoms. The fourth-order valence-corrected chi connectivity index (χ4v) is 2.74. The van der Waals surface area contributed by atoms with Gasteiger partial charge in [-0.15, -0.1) is 0 Å². The quantitative estimate of drug-likeness (QED) is 0.755. The molecule has 0 bridgehead atoms. The summed E-state index contributed by atoms with van der Waals surface area (Å²) in [6.45, 7) is 3.03. The fourth-order valence-electron chi connectivity index (χ4n) is 2.74. The van der Waals surface area contributed by atoms with Crippen molar-refractivity contribution in [1.29, 1.82) is 0 Å². The van der Waals surface area contributed by atoms with E-state index in [1.807, 2.05) is 24.1 Å². The molecule has 1 amide bonds. The van der Waals surface area contributed by atoms with Crippen LogP contribution in [0.2, 0.25) is 0 Å². The molecule has 2 aromatic rings. The number of rotatable bonds is 6. The molecule has 2 aromatic carbocycles. The summed E-state index contributed by atoms with van der Waals surface area (Å²) in [6, 6.07) is 11.7. The Hall–Kier alpha value is -3.03. The maximum absolute atomic E-state index is 12.7. The lowest BCUT2D eigenvalue weighted by Crippen LogP contribution is -2.28. The van der Waals surface area contributed by atoms with Crippen LogP contribution in [0.25, 0.3) is 0 Å². The maximum Gasteiger partial charge on any atom is 0.416 e. The summed E-state index contributed by atoms with van der Waals surface area (Å²) in [6.07, 6.45) is -3.49. The van der Waals surface area contributed by atoms with E-state index in [-0.39, 0.29) is 24.8 Å². The molecule has 0 saturated heterocycles. The Balaban J connectivity index is 1.47. The number of nitrogens with one attached hydrogen (secondary N) is 1. The normalized spacial score (nSPS) is 14.0. The summed E-state index contributed by atoms with van der Waals surface area (Å²) >= 11 is 0. The second-order valence-corrected chi connectivity index (χ2v) is 6.39. The summed E-state index contributed by atoms with van der Waals surface area (Å²) in [7, 11) is 0. The van der Waals surface area contributed by atoms with Gasteiger partial charge in [-0.3, -0.25) is 9.80 Å². The summed E-state index contributed by atoms with van der Waals surface area (Å²) in [5.74, 6) is -0.171. The number of alkyl halides is 3. The third-order valence-corrected chi connectivity index (χ3v) is 4.22. The smallest absolute Gasteiger partial charge is 0.416 e. The number of carbonyl (C=O) groups is 1. The van der Waals surface area contributed by atoms with E-state index in [4.69, 9.17) is 4.74 Å². The van der Waals surface area contributed by atoms with E-state index in [9.17, 15) is 18.0 Å². The lowest BCUT2D eigenvalue weighted by Gasteiger charge is -2.14. The van der Waals surface area contributed by atoms with Gasteiger partial charge in [0.15, 0.2) is 0 Å². The van der Waals surface area contributed by atoms with E-state index in [0.717, 1.165) is 36.5 Å². The van der Waals surface area contributed by atoms with Gasteiger partial charge in [-0.25, -0.2) is 0 Å². The first-order valence-corrected chi connectivity index (χ1v) is 8.83. The molecular weight excluding hydrogens is 371 g/mol. The standard InChI is InChI=1S/C20H20F3N3O2/c1-14-9-11-26(25-14)17-7-5-15(6-8-17)19(27)24-10-12-28-18-4-2-3-16(13-18)20(21,22)23/h2-8,13H,9-12H2,1H3,(H,24,27). The Morgan fingerprint density at radius 1 is 1.21 bits per heavy atom. The maximum atomic E-state index is 12.7. The first-order valence-electron chi connectivity index (χ1n) is 8.83. The number of nitrogens with zero attached hydrogens (tertiary/aromatic N) is 2. The fraction of sp³-hybridized carbons (Fsp3) is 0.300. The molecule has 0 aromatic heterocycles. The van der Waals surface area contributed by atoms with Gasteiger partial charge in [0.1, 0.15) is 12.4 Å². The van der Waals surface area contributed by atoms with E-state index >= 15 is 0 Å². The minimum Gasteiger partial charge on any atom is -0.492 e. The molecule has 1 aliphatic rings. The lowest BCUT2D eigenvalue weighted by molar-refractivity contribution is -0.137. The van der Waals surface area contributed by atoms with Crippen molar-refractivity contribution in [2.75, 3.05) is 24.7 Å². The highest BCUT2D eigenvalue weighted by molar-refractivity contribution is 5.94. The van der Waals surface area contributed by atoms with Crippen LogP contribution in [0.5, 0.6) is 5.75 Å². The largest absolute Gasteiger partial charge is 0.492 e. The van der Waals surface area contributed by atoms with Crippen LogP contribution >= 0.6 is 0 Å². The Bertz CT molecular complexity index is 864. The van der Waals surface area contributed by atoms with Crippen molar-refractivity contribution in [1.82, 2.24) is 5.32 Å². The molecule has 0 unspecified atom stereocenters. The molecule has 28 heavy (non-hydrogen) atoms. The number of benzene rings is 2. The third kappa shape index (κ3) is 5.03. The van der Waals surface area contributed by atoms with E-state index < -0.39 is 11.7 Å². The predicted octanol–water partition coefficient (Wildman–Crippen LogP) is 4.10. The van der Waals surface area contributed by atoms with Crippen molar-refractivity contribution in [3.8, 4) is 5.75 Å². The summed E-state index contributed by atoms with van der Waals surface area (Å²) in [4.78, 5) is 12.2. The molecular formula is C20H20F3N3O2. The number of anilines is 1. The zero-order valence-electron chi connectivity index (χ0n) is 15.3. The topological polar surface area (TPSA) is 53.9 Å². The molecule has 1 aliphatic heterocycles. The number of halogens is 3. The highest BCUT2D eigenvalue weighted by Crippen LogP contribution is 2.31. The van der Waals surface area contributed by atoms with Crippen LogP contribution in [0.1, 0.15) is 29.3 Å². The first kappa shape index (κ1) is 19.7. The molecule has 8 heteroatoms. The molecule has 3 rings (SSSR count). The van der Waals surface area contributed by atoms with E-state index in [1.54, 1.807) is 12.1 Å². The van der Waals surface area contributed by atoms with Crippen LogP contribution in [0.15, 0.2) is 53.6 Å². The van der Waals surface area contributed by atoms with E-state index in [2.05, 4.69) is 10.4 Å². The predicted molar refractivity (Wildman–Crippen MR) is 101 cm³/mol. The average Bonchev–Trinajstić information content (AvgIpc) is 3.11. The van der Waals surface area contributed by atoms with Crippen molar-refractivity contribution >= 4 is 17.3 Å². The van der Waals surface area contributed by atoms with Gasteiger partial charge in [0.25, 0.3) is 5.91 Å². The van der Waals surface area contributed by atoms with Gasteiger partial charge in [-0.2, -0.15) is 18.3 Å². The lowest BCUT2D eigenvalue weighted by atomic mass is 10.2. The van der Waals surface area contributed by atoms with Crippen molar-refractivity contribution in [2.24, 2.45) is 5.10 Å². The highest BCUT2D eigenvalue weighted by Gasteiger charge is 2.30. The monoisotopic (exact) mass is 391 g/mol. The minimum absolute atomic E-state index is 0.0624. The van der Waals surface area contributed by atoms with E-state index in [0.29, 0.717) is 5.56 Å². The SMILES string of the molecule is CC1=NN(c2ccc(C(=O)NCCOc3cccc(C(F)(F)F)c3)cc2)CC1. The highest BCUT2D eigenvalue weighted by atomic mass is 19.4. The van der Waals surface area contributed by atoms with Crippen LogP contribution in [0, 0.1) is 0 Å². The van der Waals surface area contributed by atoms with Crippen LogP contribution in [-0.2, 0) is 6.18 Å². The van der Waals surface area contributed by atoms with E-state index in [1.165, 1.54) is 12.1 Å². The zero-order chi connectivity index (χ0) is 20.1. The molecule has 5 nitrogen and oxygen atoms in total. The van der Waals surface area contributed by atoms with Gasteiger partial charge in [0.2, 0.25) is 0 Å². The van der Waals surface area contributed by atoms with Crippen molar-refractivity contribution in [3.05, 3.63) is 59.7 Å². The van der Waals surface area contributed by atoms with Crippen LogP contribution in [0.4, 0.5) is 18.9 Å². The number of hydrogen-bond donors (Lipinski definition) is 1. The molecule has 148 valence electrons. The number of carbonyl (C=O) groups excluding carboxylic acids is 1.